The van der Waals surface area contributed by atoms with Gasteiger partial charge in [-0.25, -0.2) is 8.42 Å². The molecule has 1 saturated heterocycles. The van der Waals surface area contributed by atoms with Gasteiger partial charge in [0.05, 0.1) is 30.8 Å². The van der Waals surface area contributed by atoms with Gasteiger partial charge in [0, 0.05) is 32.2 Å². The second kappa shape index (κ2) is 13.5. The molecule has 0 atom stereocenters. The number of methoxy groups -OCH3 is 2. The van der Waals surface area contributed by atoms with E-state index in [0.717, 1.165) is 11.1 Å². The van der Waals surface area contributed by atoms with Gasteiger partial charge in [0.15, 0.2) is 11.5 Å². The minimum absolute atomic E-state index is 0.0143. The van der Waals surface area contributed by atoms with E-state index >= 15 is 0 Å². The van der Waals surface area contributed by atoms with Gasteiger partial charge in [0.2, 0.25) is 5.91 Å². The van der Waals surface area contributed by atoms with Crippen LogP contribution in [0.3, 0.4) is 0 Å². The first-order valence-corrected chi connectivity index (χ1v) is 16.1. The van der Waals surface area contributed by atoms with E-state index in [1.54, 1.807) is 23.1 Å². The lowest BCUT2D eigenvalue weighted by atomic mass is 9.96. The number of benzene rings is 4. The molecule has 4 aromatic carbocycles. The number of ether oxygens (including phenoxy) is 2. The Morgan fingerprint density at radius 1 is 0.750 bits per heavy atom. The first kappa shape index (κ1) is 31.1. The van der Waals surface area contributed by atoms with Gasteiger partial charge in [-0.2, -0.15) is 0 Å². The second-order valence-electron chi connectivity index (χ2n) is 11.0. The first-order valence-electron chi connectivity index (χ1n) is 14.7. The summed E-state index contributed by atoms with van der Waals surface area (Å²) in [5.74, 6) is 0.467. The number of carbonyl (C=O) groups excluding carboxylic acids is 1. The van der Waals surface area contributed by atoms with E-state index in [0.29, 0.717) is 43.4 Å². The molecular formula is C35H39N3O5S. The first-order chi connectivity index (χ1) is 21.2. The van der Waals surface area contributed by atoms with Crippen molar-refractivity contribution in [1.82, 2.24) is 9.80 Å². The average Bonchev–Trinajstić information content (AvgIpc) is 3.04. The predicted molar refractivity (Wildman–Crippen MR) is 173 cm³/mol. The van der Waals surface area contributed by atoms with E-state index in [-0.39, 0.29) is 23.4 Å². The van der Waals surface area contributed by atoms with Crippen LogP contribution >= 0.6 is 0 Å². The van der Waals surface area contributed by atoms with Crippen molar-refractivity contribution in [2.24, 2.45) is 0 Å². The molecule has 0 unspecified atom stereocenters. The van der Waals surface area contributed by atoms with Crippen LogP contribution in [0.15, 0.2) is 102 Å². The zero-order chi connectivity index (χ0) is 31.3. The van der Waals surface area contributed by atoms with E-state index < -0.39 is 10.0 Å². The van der Waals surface area contributed by atoms with Gasteiger partial charge in [-0.05, 0) is 60.4 Å². The Labute approximate surface area is 260 Å². The van der Waals surface area contributed by atoms with Gasteiger partial charge < -0.3 is 14.4 Å². The van der Waals surface area contributed by atoms with Gasteiger partial charge >= 0.3 is 0 Å². The fourth-order valence-electron chi connectivity index (χ4n) is 5.85. The maximum atomic E-state index is 14.1. The molecule has 0 aromatic heterocycles. The largest absolute Gasteiger partial charge is 0.493 e. The monoisotopic (exact) mass is 613 g/mol. The molecule has 9 heteroatoms. The topological polar surface area (TPSA) is 79.4 Å². The number of sulfonamides is 1. The molecular weight excluding hydrogens is 574 g/mol. The highest BCUT2D eigenvalue weighted by atomic mass is 32.2. The number of nitrogens with zero attached hydrogens (tertiary/aromatic N) is 3. The molecule has 0 bridgehead atoms. The summed E-state index contributed by atoms with van der Waals surface area (Å²) in [5, 5.41) is 0. The molecule has 230 valence electrons. The van der Waals surface area contributed by atoms with Crippen molar-refractivity contribution < 1.29 is 22.7 Å². The van der Waals surface area contributed by atoms with E-state index in [4.69, 9.17) is 9.47 Å². The fourth-order valence-corrected chi connectivity index (χ4v) is 7.26. The third kappa shape index (κ3) is 6.74. The van der Waals surface area contributed by atoms with Crippen molar-refractivity contribution in [3.8, 4) is 11.5 Å². The molecule has 0 saturated carbocycles. The van der Waals surface area contributed by atoms with Gasteiger partial charge in [-0.3, -0.25) is 14.0 Å². The number of anilines is 1. The molecule has 1 fully saturated rings. The number of rotatable bonds is 10. The van der Waals surface area contributed by atoms with Crippen LogP contribution in [-0.2, 0) is 14.8 Å². The standard InChI is InChI=1S/C35H39N3O5S/c1-26-21-27(2)23-30(22-26)38(44(40,41)31-15-16-32(42-3)33(24-31)43-4)25-34(39)36-17-19-37(20-18-36)35(28-11-7-5-8-12-28)29-13-9-6-10-14-29/h5-16,21-24,35H,17-20,25H2,1-4H3. The lowest BCUT2D eigenvalue weighted by Gasteiger charge is -2.40. The van der Waals surface area contributed by atoms with Crippen molar-refractivity contribution in [2.75, 3.05) is 51.2 Å². The third-order valence-electron chi connectivity index (χ3n) is 7.98. The Kier molecular flexibility index (Phi) is 9.56. The quantitative estimate of drug-likeness (QED) is 0.237. The van der Waals surface area contributed by atoms with Crippen LogP contribution in [0.4, 0.5) is 5.69 Å². The summed E-state index contributed by atoms with van der Waals surface area (Å²) < 4.78 is 40.2. The van der Waals surface area contributed by atoms with E-state index in [1.807, 2.05) is 56.3 Å². The van der Waals surface area contributed by atoms with Crippen molar-refractivity contribution in [2.45, 2.75) is 24.8 Å². The zero-order valence-corrected chi connectivity index (χ0v) is 26.5. The Balaban J connectivity index is 1.39. The Hall–Kier alpha value is -4.34. The fraction of sp³-hybridized carbons (Fsp3) is 0.286. The highest BCUT2D eigenvalue weighted by molar-refractivity contribution is 7.92. The number of carbonyl (C=O) groups is 1. The lowest BCUT2D eigenvalue weighted by Crippen LogP contribution is -2.52. The zero-order valence-electron chi connectivity index (χ0n) is 25.6. The number of amides is 1. The van der Waals surface area contributed by atoms with Crippen LogP contribution in [0.25, 0.3) is 0 Å². The van der Waals surface area contributed by atoms with Crippen LogP contribution < -0.4 is 13.8 Å². The molecule has 0 N–H and O–H groups in total. The molecule has 1 heterocycles. The summed E-state index contributed by atoms with van der Waals surface area (Å²) in [6.07, 6.45) is 0. The average molecular weight is 614 g/mol. The van der Waals surface area contributed by atoms with Gasteiger partial charge in [-0.1, -0.05) is 66.7 Å². The van der Waals surface area contributed by atoms with E-state index in [9.17, 15) is 13.2 Å². The van der Waals surface area contributed by atoms with Crippen LogP contribution in [0.1, 0.15) is 28.3 Å². The molecule has 1 amide bonds. The summed E-state index contributed by atoms with van der Waals surface area (Å²) in [4.78, 5) is 18.0. The lowest BCUT2D eigenvalue weighted by molar-refractivity contribution is -0.131. The van der Waals surface area contributed by atoms with Crippen molar-refractivity contribution >= 4 is 21.6 Å². The normalized spacial score (nSPS) is 14.0. The molecule has 44 heavy (non-hydrogen) atoms. The van der Waals surface area contributed by atoms with Gasteiger partial charge in [0.1, 0.15) is 6.54 Å². The summed E-state index contributed by atoms with van der Waals surface area (Å²) in [6.45, 7) is 5.81. The van der Waals surface area contributed by atoms with Crippen molar-refractivity contribution in [1.29, 1.82) is 0 Å². The Morgan fingerprint density at radius 2 is 1.30 bits per heavy atom. The maximum Gasteiger partial charge on any atom is 0.264 e. The Morgan fingerprint density at radius 3 is 1.82 bits per heavy atom. The minimum atomic E-state index is -4.14. The SMILES string of the molecule is COc1ccc(S(=O)(=O)N(CC(=O)N2CCN(C(c3ccccc3)c3ccccc3)CC2)c2cc(C)cc(C)c2)cc1OC. The number of aryl methyl sites for hydroxylation is 2. The molecule has 4 aromatic rings. The summed E-state index contributed by atoms with van der Waals surface area (Å²) >= 11 is 0. The molecule has 0 spiro atoms. The van der Waals surface area contributed by atoms with E-state index in [1.165, 1.54) is 41.8 Å². The smallest absolute Gasteiger partial charge is 0.264 e. The number of piperazine rings is 1. The molecule has 1 aliphatic heterocycles. The third-order valence-corrected chi connectivity index (χ3v) is 9.75. The van der Waals surface area contributed by atoms with Crippen LogP contribution in [0.2, 0.25) is 0 Å². The highest BCUT2D eigenvalue weighted by Gasteiger charge is 2.33. The summed E-state index contributed by atoms with van der Waals surface area (Å²) in [6, 6.07) is 30.8. The summed E-state index contributed by atoms with van der Waals surface area (Å²) in [5.41, 5.74) is 4.64. The number of hydrogen-bond donors (Lipinski definition) is 0. The van der Waals surface area contributed by atoms with Crippen molar-refractivity contribution in [3.05, 3.63) is 119 Å². The Bertz CT molecular complexity index is 1630. The van der Waals surface area contributed by atoms with Gasteiger partial charge in [-0.15, -0.1) is 0 Å². The maximum absolute atomic E-state index is 14.1. The minimum Gasteiger partial charge on any atom is -0.493 e. The van der Waals surface area contributed by atoms with Gasteiger partial charge in [0.25, 0.3) is 10.0 Å². The highest BCUT2D eigenvalue weighted by Crippen LogP contribution is 2.33. The van der Waals surface area contributed by atoms with E-state index in [2.05, 4.69) is 29.2 Å². The van der Waals surface area contributed by atoms with Crippen LogP contribution in [-0.4, -0.2) is 71.1 Å². The summed E-state index contributed by atoms with van der Waals surface area (Å²) in [7, 11) is -1.18. The molecule has 8 nitrogen and oxygen atoms in total. The molecule has 0 aliphatic carbocycles. The number of hydrogen-bond acceptors (Lipinski definition) is 6. The molecule has 5 rings (SSSR count). The predicted octanol–water partition coefficient (Wildman–Crippen LogP) is 5.45. The molecule has 1 aliphatic rings. The second-order valence-corrected chi connectivity index (χ2v) is 12.9. The van der Waals surface area contributed by atoms with Crippen LogP contribution in [0, 0.1) is 13.8 Å². The van der Waals surface area contributed by atoms with Crippen LogP contribution in [0.5, 0.6) is 11.5 Å². The van der Waals surface area contributed by atoms with Crippen molar-refractivity contribution in [3.63, 3.8) is 0 Å². The molecule has 0 radical (unpaired) electrons.